The Kier molecular flexibility index (Phi) is 9.06. The van der Waals surface area contributed by atoms with Crippen molar-refractivity contribution in [3.63, 3.8) is 0 Å². The Morgan fingerprint density at radius 2 is 1.67 bits per heavy atom. The Balaban J connectivity index is 2.00. The molecule has 1 unspecified atom stereocenters. The molecule has 3 rings (SSSR count). The molecular weight excluding hydrogens is 424 g/mol. The van der Waals surface area contributed by atoms with Crippen LogP contribution < -0.4 is 5.73 Å². The van der Waals surface area contributed by atoms with Crippen LogP contribution in [0.4, 0.5) is 5.82 Å². The van der Waals surface area contributed by atoms with E-state index in [9.17, 15) is 5.11 Å². The summed E-state index contributed by atoms with van der Waals surface area (Å²) in [6.07, 6.45) is 5.80. The highest BCUT2D eigenvalue weighted by Crippen LogP contribution is 2.47. The summed E-state index contributed by atoms with van der Waals surface area (Å²) < 4.78 is 26.6. The van der Waals surface area contributed by atoms with Gasteiger partial charge in [0.05, 0.1) is 6.61 Å². The molecule has 3 N–H and O–H groups in total. The van der Waals surface area contributed by atoms with E-state index < -0.39 is 23.6 Å². The first-order chi connectivity index (χ1) is 15.9. The third-order valence-corrected chi connectivity index (χ3v) is 6.12. The molecule has 2 aromatic rings. The van der Waals surface area contributed by atoms with Crippen molar-refractivity contribution in [3.8, 4) is 0 Å². The first-order valence-electron chi connectivity index (χ1n) is 12.2. The number of ether oxygens (including phenoxy) is 4. The van der Waals surface area contributed by atoms with Crippen molar-refractivity contribution in [1.29, 1.82) is 0 Å². The van der Waals surface area contributed by atoms with Gasteiger partial charge in [-0.2, -0.15) is 5.10 Å². The Hall–Kier alpha value is -1.78. The number of nitrogens with two attached hydrogens (primary N) is 1. The summed E-state index contributed by atoms with van der Waals surface area (Å²) in [6, 6.07) is 3.53. The summed E-state index contributed by atoms with van der Waals surface area (Å²) in [5, 5.41) is 16.4. The zero-order chi connectivity index (χ0) is 23.9. The average Bonchev–Trinajstić information content (AvgIpc) is 3.32. The van der Waals surface area contributed by atoms with E-state index in [0.717, 1.165) is 38.5 Å². The second-order valence-corrected chi connectivity index (χ2v) is 8.97. The van der Waals surface area contributed by atoms with Crippen LogP contribution in [0.1, 0.15) is 71.9 Å². The number of rotatable bonds is 14. The summed E-state index contributed by atoms with van der Waals surface area (Å²) >= 11 is 0. The zero-order valence-electron chi connectivity index (χ0n) is 20.5. The Morgan fingerprint density at radius 1 is 1.03 bits per heavy atom. The SMILES string of the molecule is CCCCOC[C@@]1(C)OC(O)(c2ccc3c(N)ncnn23)[C@H](OCCCC)[C@@H]1OCCCC. The number of nitrogens with zero attached hydrogens (tertiary/aromatic N) is 3. The van der Waals surface area contributed by atoms with Gasteiger partial charge in [-0.15, -0.1) is 0 Å². The monoisotopic (exact) mass is 464 g/mol. The number of aliphatic hydroxyl groups is 1. The molecule has 0 saturated carbocycles. The molecular formula is C24H40N4O5. The van der Waals surface area contributed by atoms with Crippen molar-refractivity contribution >= 4 is 11.3 Å². The van der Waals surface area contributed by atoms with Crippen LogP contribution in [0.25, 0.3) is 5.52 Å². The van der Waals surface area contributed by atoms with Gasteiger partial charge in [-0.3, -0.25) is 0 Å². The van der Waals surface area contributed by atoms with Crippen molar-refractivity contribution in [1.82, 2.24) is 14.6 Å². The second kappa shape index (κ2) is 11.6. The Morgan fingerprint density at radius 3 is 2.33 bits per heavy atom. The molecule has 0 radical (unpaired) electrons. The van der Waals surface area contributed by atoms with E-state index in [1.807, 2.05) is 6.92 Å². The summed E-state index contributed by atoms with van der Waals surface area (Å²) in [4.78, 5) is 4.05. The molecule has 4 atom stereocenters. The number of hydrogen-bond donors (Lipinski definition) is 2. The van der Waals surface area contributed by atoms with Crippen LogP contribution in [-0.4, -0.2) is 63.9 Å². The molecule has 1 fully saturated rings. The number of anilines is 1. The van der Waals surface area contributed by atoms with Gasteiger partial charge < -0.3 is 29.8 Å². The molecule has 0 spiro atoms. The summed E-state index contributed by atoms with van der Waals surface area (Å²) in [5.74, 6) is -1.48. The lowest BCUT2D eigenvalue weighted by molar-refractivity contribution is -0.271. The third-order valence-electron chi connectivity index (χ3n) is 6.12. The maximum Gasteiger partial charge on any atom is 0.240 e. The average molecular weight is 465 g/mol. The molecule has 1 aliphatic heterocycles. The molecule has 3 heterocycles. The van der Waals surface area contributed by atoms with Crippen LogP contribution in [0, 0.1) is 0 Å². The maximum atomic E-state index is 12.1. The molecule has 1 aliphatic rings. The van der Waals surface area contributed by atoms with Crippen LogP contribution in [0.2, 0.25) is 0 Å². The lowest BCUT2D eigenvalue weighted by atomic mass is 9.94. The van der Waals surface area contributed by atoms with Gasteiger partial charge in [-0.25, -0.2) is 9.50 Å². The highest BCUT2D eigenvalue weighted by Gasteiger charge is 2.64. The van der Waals surface area contributed by atoms with Crippen molar-refractivity contribution in [2.45, 2.75) is 89.8 Å². The quantitative estimate of drug-likeness (QED) is 0.409. The molecule has 1 saturated heterocycles. The molecule has 186 valence electrons. The van der Waals surface area contributed by atoms with E-state index in [1.54, 1.807) is 16.6 Å². The number of unbranched alkanes of at least 4 members (excludes halogenated alkanes) is 3. The first kappa shape index (κ1) is 25.8. The first-order valence-corrected chi connectivity index (χ1v) is 12.2. The van der Waals surface area contributed by atoms with Gasteiger partial charge in [0, 0.05) is 19.8 Å². The van der Waals surface area contributed by atoms with E-state index in [1.165, 1.54) is 6.33 Å². The van der Waals surface area contributed by atoms with Crippen molar-refractivity contribution in [2.24, 2.45) is 0 Å². The minimum Gasteiger partial charge on any atom is -0.382 e. The van der Waals surface area contributed by atoms with Gasteiger partial charge in [0.25, 0.3) is 0 Å². The molecule has 9 heteroatoms. The Bertz CT molecular complexity index is 878. The fourth-order valence-electron chi connectivity index (χ4n) is 4.23. The van der Waals surface area contributed by atoms with Crippen molar-refractivity contribution < 1.29 is 24.1 Å². The lowest BCUT2D eigenvalue weighted by Gasteiger charge is -2.31. The normalized spacial score (nSPS) is 27.5. The minimum absolute atomic E-state index is 0.278. The van der Waals surface area contributed by atoms with Gasteiger partial charge in [0.2, 0.25) is 5.79 Å². The standard InChI is InChI=1S/C24H40N4O5/c1-5-8-13-30-16-23(4)20(31-14-9-6-2)21(32-15-10-7-3)24(29,33-23)19-12-11-18-22(25)26-17-27-28(18)19/h11-12,17,20-21,29H,5-10,13-16H2,1-4H3,(H2,25,26,27)/t20-,21+,23+,24?/m0/s1. The lowest BCUT2D eigenvalue weighted by Crippen LogP contribution is -2.48. The highest BCUT2D eigenvalue weighted by molar-refractivity contribution is 5.65. The van der Waals surface area contributed by atoms with Crippen LogP contribution in [0.3, 0.4) is 0 Å². The fourth-order valence-corrected chi connectivity index (χ4v) is 4.23. The van der Waals surface area contributed by atoms with E-state index >= 15 is 0 Å². The van der Waals surface area contributed by atoms with Crippen molar-refractivity contribution in [3.05, 3.63) is 24.2 Å². The van der Waals surface area contributed by atoms with Gasteiger partial charge >= 0.3 is 0 Å². The number of hydrogen-bond acceptors (Lipinski definition) is 8. The van der Waals surface area contributed by atoms with Crippen LogP contribution in [0.5, 0.6) is 0 Å². The van der Waals surface area contributed by atoms with E-state index in [0.29, 0.717) is 36.8 Å². The number of nitrogen functional groups attached to an aromatic ring is 1. The fraction of sp³-hybridized carbons (Fsp3) is 0.750. The van der Waals surface area contributed by atoms with Crippen LogP contribution in [0.15, 0.2) is 18.5 Å². The predicted molar refractivity (Wildman–Crippen MR) is 126 cm³/mol. The zero-order valence-corrected chi connectivity index (χ0v) is 20.5. The Labute approximate surface area is 196 Å². The largest absolute Gasteiger partial charge is 0.382 e. The highest BCUT2D eigenvalue weighted by atomic mass is 16.7. The summed E-state index contributed by atoms with van der Waals surface area (Å²) in [7, 11) is 0. The molecule has 0 amide bonds. The third kappa shape index (κ3) is 5.49. The maximum absolute atomic E-state index is 12.1. The van der Waals surface area contributed by atoms with Gasteiger partial charge in [-0.05, 0) is 38.3 Å². The van der Waals surface area contributed by atoms with E-state index in [2.05, 4.69) is 30.9 Å². The minimum atomic E-state index is -1.80. The van der Waals surface area contributed by atoms with Crippen molar-refractivity contribution in [2.75, 3.05) is 32.2 Å². The van der Waals surface area contributed by atoms with Gasteiger partial charge in [0.15, 0.2) is 5.82 Å². The molecule has 33 heavy (non-hydrogen) atoms. The van der Waals surface area contributed by atoms with Crippen LogP contribution >= 0.6 is 0 Å². The number of aromatic nitrogens is 3. The topological polar surface area (TPSA) is 113 Å². The van der Waals surface area contributed by atoms with E-state index in [4.69, 9.17) is 24.7 Å². The summed E-state index contributed by atoms with van der Waals surface area (Å²) in [6.45, 7) is 10.2. The second-order valence-electron chi connectivity index (χ2n) is 8.97. The van der Waals surface area contributed by atoms with Crippen LogP contribution in [-0.2, 0) is 24.7 Å². The molecule has 0 aromatic carbocycles. The molecule has 2 aromatic heterocycles. The molecule has 0 bridgehead atoms. The van der Waals surface area contributed by atoms with E-state index in [-0.39, 0.29) is 6.61 Å². The van der Waals surface area contributed by atoms with Gasteiger partial charge in [-0.1, -0.05) is 40.0 Å². The predicted octanol–water partition coefficient (Wildman–Crippen LogP) is 3.43. The number of fused-ring (bicyclic) bond motifs is 1. The smallest absolute Gasteiger partial charge is 0.240 e. The molecule has 0 aliphatic carbocycles. The van der Waals surface area contributed by atoms with Gasteiger partial charge in [0.1, 0.15) is 35.3 Å². The molecule has 9 nitrogen and oxygen atoms in total. The summed E-state index contributed by atoms with van der Waals surface area (Å²) in [5.41, 5.74) is 6.13.